The molecule has 1 aromatic heterocycles. The van der Waals surface area contributed by atoms with E-state index < -0.39 is 0 Å². The number of piperidine rings is 1. The van der Waals surface area contributed by atoms with Crippen molar-refractivity contribution in [2.75, 3.05) is 23.3 Å². The summed E-state index contributed by atoms with van der Waals surface area (Å²) >= 11 is 0. The molecule has 6 nitrogen and oxygen atoms in total. The van der Waals surface area contributed by atoms with Crippen LogP contribution in [0.15, 0.2) is 59.4 Å². The van der Waals surface area contributed by atoms with Gasteiger partial charge in [0.05, 0.1) is 10.9 Å². The van der Waals surface area contributed by atoms with E-state index in [0.29, 0.717) is 29.9 Å². The lowest BCUT2D eigenvalue weighted by Crippen LogP contribution is -2.39. The number of fused-ring (bicyclic) bond motifs is 1. The molecule has 3 aromatic rings. The van der Waals surface area contributed by atoms with E-state index in [1.807, 2.05) is 53.4 Å². The van der Waals surface area contributed by atoms with Crippen LogP contribution in [-0.2, 0) is 4.79 Å². The fourth-order valence-corrected chi connectivity index (χ4v) is 3.34. The van der Waals surface area contributed by atoms with E-state index in [-0.39, 0.29) is 17.4 Å². The summed E-state index contributed by atoms with van der Waals surface area (Å²) in [4.78, 5) is 34.1. The molecule has 26 heavy (non-hydrogen) atoms. The van der Waals surface area contributed by atoms with Gasteiger partial charge in [-0.05, 0) is 37.1 Å². The maximum Gasteiger partial charge on any atom is 0.260 e. The molecule has 0 spiro atoms. The fourth-order valence-electron chi connectivity index (χ4n) is 3.34. The highest BCUT2D eigenvalue weighted by molar-refractivity contribution is 5.92. The fraction of sp³-hybridized carbons (Fsp3) is 0.250. The van der Waals surface area contributed by atoms with E-state index in [4.69, 9.17) is 0 Å². The predicted molar refractivity (Wildman–Crippen MR) is 102 cm³/mol. The van der Waals surface area contributed by atoms with Crippen molar-refractivity contribution in [3.8, 4) is 0 Å². The zero-order valence-electron chi connectivity index (χ0n) is 14.3. The van der Waals surface area contributed by atoms with Gasteiger partial charge in [0.25, 0.3) is 5.56 Å². The second kappa shape index (κ2) is 7.00. The molecule has 2 N–H and O–H groups in total. The Labute approximate surface area is 150 Å². The first-order valence-electron chi connectivity index (χ1n) is 8.80. The molecule has 0 aliphatic carbocycles. The van der Waals surface area contributed by atoms with E-state index in [2.05, 4.69) is 15.3 Å². The average molecular weight is 348 g/mol. The first-order valence-corrected chi connectivity index (χ1v) is 8.80. The maximum absolute atomic E-state index is 12.4. The predicted octanol–water partition coefficient (Wildman–Crippen LogP) is 2.78. The molecule has 6 heteroatoms. The van der Waals surface area contributed by atoms with Crippen LogP contribution in [-0.4, -0.2) is 29.0 Å². The van der Waals surface area contributed by atoms with Gasteiger partial charge in [0, 0.05) is 24.7 Å². The lowest BCUT2D eigenvalue weighted by atomic mass is 9.96. The van der Waals surface area contributed by atoms with Crippen LogP contribution >= 0.6 is 0 Å². The van der Waals surface area contributed by atoms with E-state index in [9.17, 15) is 9.59 Å². The first kappa shape index (κ1) is 16.3. The Morgan fingerprint density at radius 1 is 1.04 bits per heavy atom. The monoisotopic (exact) mass is 348 g/mol. The Morgan fingerprint density at radius 2 is 1.73 bits per heavy atom. The molecule has 0 atom stereocenters. The number of aromatic nitrogens is 2. The Kier molecular flexibility index (Phi) is 4.39. The molecule has 2 heterocycles. The molecule has 2 aromatic carbocycles. The minimum absolute atomic E-state index is 0.0290. The van der Waals surface area contributed by atoms with Crippen LogP contribution in [0.4, 0.5) is 11.6 Å². The average Bonchev–Trinajstić information content (AvgIpc) is 2.69. The van der Waals surface area contributed by atoms with Gasteiger partial charge in [0.1, 0.15) is 0 Å². The van der Waals surface area contributed by atoms with Crippen LogP contribution in [0.2, 0.25) is 0 Å². The summed E-state index contributed by atoms with van der Waals surface area (Å²) < 4.78 is 0. The summed E-state index contributed by atoms with van der Waals surface area (Å²) in [5.74, 6) is 0.602. The normalized spacial score (nSPS) is 15.2. The molecule has 1 fully saturated rings. The molecule has 1 saturated heterocycles. The maximum atomic E-state index is 12.4. The quantitative estimate of drug-likeness (QED) is 0.763. The van der Waals surface area contributed by atoms with Gasteiger partial charge >= 0.3 is 0 Å². The van der Waals surface area contributed by atoms with Crippen molar-refractivity contribution in [2.24, 2.45) is 5.92 Å². The molecule has 1 aliphatic heterocycles. The minimum Gasteiger partial charge on any atom is -0.342 e. The number of anilines is 2. The number of carbonyl (C=O) groups is 1. The number of rotatable bonds is 3. The number of hydrogen-bond acceptors (Lipinski definition) is 4. The van der Waals surface area contributed by atoms with Crippen molar-refractivity contribution in [1.29, 1.82) is 0 Å². The summed E-state index contributed by atoms with van der Waals surface area (Å²) in [6, 6.07) is 16.8. The van der Waals surface area contributed by atoms with Crippen molar-refractivity contribution in [3.63, 3.8) is 0 Å². The Bertz CT molecular complexity index is 976. The van der Waals surface area contributed by atoms with Crippen molar-refractivity contribution in [3.05, 3.63) is 65.0 Å². The SMILES string of the molecule is O=C(Nc1ccccc1)C1CCN(c2nc3ccccc3c(=O)[nH]2)CC1. The molecule has 0 bridgehead atoms. The molecule has 4 rings (SSSR count). The number of amides is 1. The smallest absolute Gasteiger partial charge is 0.260 e. The number of nitrogens with one attached hydrogen (secondary N) is 2. The highest BCUT2D eigenvalue weighted by Gasteiger charge is 2.26. The first-order chi connectivity index (χ1) is 12.7. The van der Waals surface area contributed by atoms with Crippen molar-refractivity contribution < 1.29 is 4.79 Å². The van der Waals surface area contributed by atoms with Crippen LogP contribution in [0.5, 0.6) is 0 Å². The Morgan fingerprint density at radius 3 is 2.50 bits per heavy atom. The highest BCUT2D eigenvalue weighted by atomic mass is 16.2. The lowest BCUT2D eigenvalue weighted by Gasteiger charge is -2.31. The van der Waals surface area contributed by atoms with E-state index in [1.165, 1.54) is 0 Å². The summed E-state index contributed by atoms with van der Waals surface area (Å²) in [6.07, 6.45) is 1.46. The minimum atomic E-state index is -0.130. The number of hydrogen-bond donors (Lipinski definition) is 2. The van der Waals surface area contributed by atoms with E-state index in [1.54, 1.807) is 6.07 Å². The van der Waals surface area contributed by atoms with Gasteiger partial charge in [0.2, 0.25) is 11.9 Å². The molecular weight excluding hydrogens is 328 g/mol. The third-order valence-corrected chi connectivity index (χ3v) is 4.81. The second-order valence-corrected chi connectivity index (χ2v) is 6.52. The third-order valence-electron chi connectivity index (χ3n) is 4.81. The van der Waals surface area contributed by atoms with Crippen LogP contribution in [0.25, 0.3) is 10.9 Å². The third kappa shape index (κ3) is 3.31. The van der Waals surface area contributed by atoms with Gasteiger partial charge in [-0.15, -0.1) is 0 Å². The Balaban J connectivity index is 1.43. The zero-order chi connectivity index (χ0) is 17.9. The summed E-state index contributed by atoms with van der Waals surface area (Å²) in [7, 11) is 0. The topological polar surface area (TPSA) is 78.1 Å². The van der Waals surface area contributed by atoms with Gasteiger partial charge in [-0.1, -0.05) is 30.3 Å². The number of carbonyl (C=O) groups excluding carboxylic acids is 1. The molecule has 1 aliphatic rings. The van der Waals surface area contributed by atoms with Crippen LogP contribution in [0.3, 0.4) is 0 Å². The number of benzene rings is 2. The summed E-state index contributed by atoms with van der Waals surface area (Å²) in [5.41, 5.74) is 1.38. The lowest BCUT2D eigenvalue weighted by molar-refractivity contribution is -0.120. The van der Waals surface area contributed by atoms with E-state index in [0.717, 1.165) is 18.5 Å². The standard InChI is InChI=1S/C20H20N4O2/c25-18(21-15-6-2-1-3-7-15)14-10-12-24(13-11-14)20-22-17-9-5-4-8-16(17)19(26)23-20/h1-9,14H,10-13H2,(H,21,25)(H,22,23,26). The molecular formula is C20H20N4O2. The second-order valence-electron chi connectivity index (χ2n) is 6.52. The van der Waals surface area contributed by atoms with Gasteiger partial charge in [-0.2, -0.15) is 0 Å². The van der Waals surface area contributed by atoms with Crippen LogP contribution in [0, 0.1) is 5.92 Å². The van der Waals surface area contributed by atoms with Crippen molar-refractivity contribution in [2.45, 2.75) is 12.8 Å². The van der Waals surface area contributed by atoms with Gasteiger partial charge in [-0.25, -0.2) is 4.98 Å². The Hall–Kier alpha value is -3.15. The van der Waals surface area contributed by atoms with Crippen molar-refractivity contribution in [1.82, 2.24) is 9.97 Å². The largest absolute Gasteiger partial charge is 0.342 e. The van der Waals surface area contributed by atoms with Crippen molar-refractivity contribution >= 4 is 28.4 Å². The molecule has 0 unspecified atom stereocenters. The number of nitrogens with zero attached hydrogens (tertiary/aromatic N) is 2. The highest BCUT2D eigenvalue weighted by Crippen LogP contribution is 2.22. The zero-order valence-corrected chi connectivity index (χ0v) is 14.3. The molecule has 0 radical (unpaired) electrons. The number of H-pyrrole nitrogens is 1. The summed E-state index contributed by atoms with van der Waals surface area (Å²) in [5, 5.41) is 3.56. The number of para-hydroxylation sites is 2. The van der Waals surface area contributed by atoms with Crippen LogP contribution < -0.4 is 15.8 Å². The molecule has 0 saturated carbocycles. The van der Waals surface area contributed by atoms with Gasteiger partial charge in [0.15, 0.2) is 0 Å². The van der Waals surface area contributed by atoms with Crippen LogP contribution in [0.1, 0.15) is 12.8 Å². The molecule has 132 valence electrons. The van der Waals surface area contributed by atoms with Gasteiger partial charge in [-0.3, -0.25) is 14.6 Å². The number of aromatic amines is 1. The van der Waals surface area contributed by atoms with Gasteiger partial charge < -0.3 is 10.2 Å². The molecule has 1 amide bonds. The van der Waals surface area contributed by atoms with E-state index >= 15 is 0 Å². The summed E-state index contributed by atoms with van der Waals surface area (Å²) in [6.45, 7) is 1.38.